The highest BCUT2D eigenvalue weighted by atomic mass is 16.4. The topological polar surface area (TPSA) is 195 Å². The molecular formula is C26H35N7O5. The lowest BCUT2D eigenvalue weighted by Gasteiger charge is -2.27. The van der Waals surface area contributed by atoms with Crippen molar-refractivity contribution in [1.29, 1.82) is 0 Å². The minimum absolute atomic E-state index is 0.106. The molecule has 2 aromatic heterocycles. The molecule has 204 valence electrons. The highest BCUT2D eigenvalue weighted by Crippen LogP contribution is 2.19. The number of benzene rings is 1. The molecule has 8 N–H and O–H groups in total. The van der Waals surface area contributed by atoms with Gasteiger partial charge < -0.3 is 36.8 Å². The Balaban J connectivity index is 1.79. The van der Waals surface area contributed by atoms with Crippen LogP contribution in [0.1, 0.15) is 38.4 Å². The number of H-pyrrole nitrogens is 2. The number of hydrogen-bond donors (Lipinski definition) is 7. The van der Waals surface area contributed by atoms with Crippen molar-refractivity contribution in [2.45, 2.75) is 64.2 Å². The molecule has 0 aliphatic heterocycles. The van der Waals surface area contributed by atoms with E-state index in [1.165, 1.54) is 13.3 Å². The van der Waals surface area contributed by atoms with Gasteiger partial charge in [-0.15, -0.1) is 0 Å². The van der Waals surface area contributed by atoms with E-state index < -0.39 is 47.9 Å². The number of nitrogens with one attached hydrogen (secondary N) is 5. The lowest BCUT2D eigenvalue weighted by atomic mass is 9.96. The molecule has 0 radical (unpaired) electrons. The Labute approximate surface area is 220 Å². The van der Waals surface area contributed by atoms with Crippen molar-refractivity contribution in [2.75, 3.05) is 0 Å². The van der Waals surface area contributed by atoms with Crippen LogP contribution in [0.2, 0.25) is 0 Å². The third kappa shape index (κ3) is 7.19. The Hall–Kier alpha value is -4.19. The van der Waals surface area contributed by atoms with Crippen LogP contribution in [0.25, 0.3) is 10.9 Å². The molecule has 3 rings (SSSR count). The van der Waals surface area contributed by atoms with Crippen LogP contribution in [0.3, 0.4) is 0 Å². The quantitative estimate of drug-likeness (QED) is 0.170. The number of nitrogens with zero attached hydrogens (tertiary/aromatic N) is 1. The third-order valence-corrected chi connectivity index (χ3v) is 6.59. The van der Waals surface area contributed by atoms with Gasteiger partial charge in [-0.2, -0.15) is 0 Å². The Morgan fingerprint density at radius 2 is 1.74 bits per heavy atom. The molecule has 0 bridgehead atoms. The van der Waals surface area contributed by atoms with Crippen LogP contribution in [0, 0.1) is 5.92 Å². The maximum absolute atomic E-state index is 13.5. The van der Waals surface area contributed by atoms with E-state index in [9.17, 15) is 24.3 Å². The molecular weight excluding hydrogens is 490 g/mol. The van der Waals surface area contributed by atoms with E-state index >= 15 is 0 Å². The highest BCUT2D eigenvalue weighted by Gasteiger charge is 2.32. The zero-order chi connectivity index (χ0) is 27.8. The fourth-order valence-corrected chi connectivity index (χ4v) is 4.06. The van der Waals surface area contributed by atoms with E-state index in [4.69, 9.17) is 5.73 Å². The largest absolute Gasteiger partial charge is 0.480 e. The maximum Gasteiger partial charge on any atom is 0.325 e. The number of carbonyl (C=O) groups is 4. The van der Waals surface area contributed by atoms with Gasteiger partial charge in [0.1, 0.15) is 18.1 Å². The molecule has 0 aliphatic rings. The molecule has 38 heavy (non-hydrogen) atoms. The summed E-state index contributed by atoms with van der Waals surface area (Å²) in [6, 6.07) is 3.38. The Morgan fingerprint density at radius 3 is 2.39 bits per heavy atom. The molecule has 0 aliphatic carbocycles. The zero-order valence-electron chi connectivity index (χ0n) is 21.7. The van der Waals surface area contributed by atoms with Crippen LogP contribution in [-0.2, 0) is 32.0 Å². The lowest BCUT2D eigenvalue weighted by Crippen LogP contribution is -2.59. The smallest absolute Gasteiger partial charge is 0.325 e. The van der Waals surface area contributed by atoms with Crippen LogP contribution in [0.5, 0.6) is 0 Å². The minimum atomic E-state index is -1.20. The molecule has 5 unspecified atom stereocenters. The van der Waals surface area contributed by atoms with Crippen molar-refractivity contribution < 1.29 is 24.3 Å². The molecule has 3 aromatic rings. The summed E-state index contributed by atoms with van der Waals surface area (Å²) in [5.74, 6) is -3.20. The second-order valence-corrected chi connectivity index (χ2v) is 9.45. The van der Waals surface area contributed by atoms with Gasteiger partial charge in [0.15, 0.2) is 0 Å². The fraction of sp³-hybridized carbons (Fsp3) is 0.423. The van der Waals surface area contributed by atoms with Crippen LogP contribution in [-0.4, -0.2) is 67.9 Å². The van der Waals surface area contributed by atoms with Gasteiger partial charge in [0.25, 0.3) is 0 Å². The second kappa shape index (κ2) is 12.9. The first-order valence-electron chi connectivity index (χ1n) is 12.5. The van der Waals surface area contributed by atoms with Crippen molar-refractivity contribution in [3.63, 3.8) is 0 Å². The first-order chi connectivity index (χ1) is 18.1. The molecule has 12 heteroatoms. The first-order valence-corrected chi connectivity index (χ1v) is 12.5. The van der Waals surface area contributed by atoms with Gasteiger partial charge in [-0.1, -0.05) is 38.5 Å². The molecule has 1 aromatic carbocycles. The molecule has 5 atom stereocenters. The average Bonchev–Trinajstić information content (AvgIpc) is 3.56. The zero-order valence-corrected chi connectivity index (χ0v) is 21.7. The van der Waals surface area contributed by atoms with E-state index in [0.29, 0.717) is 12.1 Å². The molecule has 3 amide bonds. The summed E-state index contributed by atoms with van der Waals surface area (Å²) < 4.78 is 0. The molecule has 0 spiro atoms. The van der Waals surface area contributed by atoms with Crippen molar-refractivity contribution in [1.82, 2.24) is 30.9 Å². The summed E-state index contributed by atoms with van der Waals surface area (Å²) in [4.78, 5) is 60.7. The summed E-state index contributed by atoms with van der Waals surface area (Å²) >= 11 is 0. The van der Waals surface area contributed by atoms with Gasteiger partial charge in [0, 0.05) is 41.8 Å². The number of carboxylic acids is 1. The number of rotatable bonds is 13. The second-order valence-electron chi connectivity index (χ2n) is 9.45. The summed E-state index contributed by atoms with van der Waals surface area (Å²) in [5, 5.41) is 18.0. The standard InChI is InChI=1S/C26H35N7O5/c1-4-14(2)22(33-23(34)19(27)10-17-12-28-13-30-17)25(36)32-21(24(35)31-15(3)26(37)38)9-16-11-29-20-8-6-5-7-18(16)20/h5-8,11-15,19,21-22,29H,4,9-10,27H2,1-3H3,(H,28,30)(H,31,35)(H,32,36)(H,33,34)(H,37,38). The predicted octanol–water partition coefficient (Wildman–Crippen LogP) is 0.609. The van der Waals surface area contributed by atoms with Gasteiger partial charge in [-0.25, -0.2) is 4.98 Å². The number of hydrogen-bond acceptors (Lipinski definition) is 6. The molecule has 0 saturated carbocycles. The Kier molecular flexibility index (Phi) is 9.61. The normalized spacial score (nSPS) is 15.2. The van der Waals surface area contributed by atoms with Crippen LogP contribution in [0.4, 0.5) is 0 Å². The number of aromatic nitrogens is 3. The number of carboxylic acid groups (broad SMARTS) is 1. The number of amides is 3. The Bertz CT molecular complexity index is 1260. The summed E-state index contributed by atoms with van der Waals surface area (Å²) in [5.41, 5.74) is 8.38. The summed E-state index contributed by atoms with van der Waals surface area (Å²) in [6.07, 6.45) is 5.69. The van der Waals surface area contributed by atoms with E-state index in [0.717, 1.165) is 16.5 Å². The number of imidazole rings is 1. The lowest BCUT2D eigenvalue weighted by molar-refractivity contribution is -0.141. The highest BCUT2D eigenvalue weighted by molar-refractivity contribution is 5.95. The van der Waals surface area contributed by atoms with Crippen molar-refractivity contribution in [2.24, 2.45) is 11.7 Å². The number of fused-ring (bicyclic) bond motifs is 1. The van der Waals surface area contributed by atoms with Crippen molar-refractivity contribution in [3.8, 4) is 0 Å². The average molecular weight is 526 g/mol. The van der Waals surface area contributed by atoms with E-state index in [2.05, 4.69) is 30.9 Å². The monoisotopic (exact) mass is 525 g/mol. The number of para-hydroxylation sites is 1. The van der Waals surface area contributed by atoms with Crippen LogP contribution >= 0.6 is 0 Å². The summed E-state index contributed by atoms with van der Waals surface area (Å²) in [6.45, 7) is 5.03. The van der Waals surface area contributed by atoms with Gasteiger partial charge in [0.2, 0.25) is 17.7 Å². The van der Waals surface area contributed by atoms with E-state index in [1.807, 2.05) is 38.1 Å². The number of carbonyl (C=O) groups excluding carboxylic acids is 3. The number of aromatic amines is 2. The van der Waals surface area contributed by atoms with E-state index in [-0.39, 0.29) is 18.8 Å². The first kappa shape index (κ1) is 28.4. The minimum Gasteiger partial charge on any atom is -0.480 e. The van der Waals surface area contributed by atoms with Crippen LogP contribution < -0.4 is 21.7 Å². The van der Waals surface area contributed by atoms with Gasteiger partial charge >= 0.3 is 5.97 Å². The number of aliphatic carboxylic acids is 1. The van der Waals surface area contributed by atoms with Gasteiger partial charge in [-0.05, 0) is 24.5 Å². The van der Waals surface area contributed by atoms with Crippen LogP contribution in [0.15, 0.2) is 43.0 Å². The molecule has 0 saturated heterocycles. The SMILES string of the molecule is CCC(C)C(NC(=O)C(N)Cc1cnc[nH]1)C(=O)NC(Cc1c[nH]c2ccccc12)C(=O)NC(C)C(=O)O. The predicted molar refractivity (Wildman–Crippen MR) is 141 cm³/mol. The van der Waals surface area contributed by atoms with Gasteiger partial charge in [-0.3, -0.25) is 19.2 Å². The van der Waals surface area contributed by atoms with E-state index in [1.54, 1.807) is 12.4 Å². The number of nitrogens with two attached hydrogens (primary N) is 1. The Morgan fingerprint density at radius 1 is 1.00 bits per heavy atom. The van der Waals surface area contributed by atoms with Crippen molar-refractivity contribution in [3.05, 3.63) is 54.2 Å². The molecule has 2 heterocycles. The van der Waals surface area contributed by atoms with Gasteiger partial charge in [0.05, 0.1) is 12.4 Å². The third-order valence-electron chi connectivity index (χ3n) is 6.59. The van der Waals surface area contributed by atoms with Crippen molar-refractivity contribution >= 4 is 34.6 Å². The molecule has 0 fully saturated rings. The maximum atomic E-state index is 13.5. The summed E-state index contributed by atoms with van der Waals surface area (Å²) in [7, 11) is 0. The fourth-order valence-electron chi connectivity index (χ4n) is 4.06. The molecule has 12 nitrogen and oxygen atoms in total.